The molecular weight excluding hydrogens is 246 g/mol. The summed E-state index contributed by atoms with van der Waals surface area (Å²) in [6.45, 7) is 9.38. The molecule has 6 nitrogen and oxygen atoms in total. The molecule has 2 N–H and O–H groups in total. The Balaban J connectivity index is 2.47. The van der Waals surface area contributed by atoms with Gasteiger partial charge in [0, 0.05) is 19.0 Å². The highest BCUT2D eigenvalue weighted by Crippen LogP contribution is 2.16. The number of carbonyl (C=O) groups excluding carboxylic acids is 3. The second kappa shape index (κ2) is 5.59. The fraction of sp³-hybridized carbons (Fsp3) is 0.769. The van der Waals surface area contributed by atoms with E-state index in [1.165, 1.54) is 0 Å². The number of nitrogens with one attached hydrogen (secondary N) is 2. The van der Waals surface area contributed by atoms with Crippen molar-refractivity contribution in [1.82, 2.24) is 15.5 Å². The summed E-state index contributed by atoms with van der Waals surface area (Å²) in [5.74, 6) is -0.0895. The predicted octanol–water partition coefficient (Wildman–Crippen LogP) is 0.868. The van der Waals surface area contributed by atoms with Gasteiger partial charge in [-0.05, 0) is 26.7 Å². The van der Waals surface area contributed by atoms with Crippen LogP contribution in [0.2, 0.25) is 0 Å². The summed E-state index contributed by atoms with van der Waals surface area (Å²) in [5.41, 5.74) is -0.876. The number of hydrogen-bond acceptors (Lipinski definition) is 3. The maximum Gasteiger partial charge on any atom is 0.325 e. The number of rotatable bonds is 5. The second-order valence-corrected chi connectivity index (χ2v) is 5.86. The van der Waals surface area contributed by atoms with Crippen LogP contribution in [0.3, 0.4) is 0 Å². The lowest BCUT2D eigenvalue weighted by molar-refractivity contribution is -0.130. The standard InChI is InChI=1S/C13H23N3O3/c1-8(2)9(3)14-10(17)6-7-16-11(18)13(4,5)15-12(16)19/h8-9H,6-7H2,1-5H3,(H,14,17)(H,15,19)/t9-/m1/s1. The van der Waals surface area contributed by atoms with Crippen molar-refractivity contribution >= 4 is 17.8 Å². The van der Waals surface area contributed by atoms with Crippen LogP contribution in [-0.2, 0) is 9.59 Å². The molecule has 1 aliphatic heterocycles. The first-order valence-electron chi connectivity index (χ1n) is 6.58. The molecular formula is C13H23N3O3. The SMILES string of the molecule is CC(C)[C@@H](C)NC(=O)CCN1C(=O)NC(C)(C)C1=O. The maximum atomic E-state index is 11.9. The summed E-state index contributed by atoms with van der Waals surface area (Å²) in [4.78, 5) is 36.3. The van der Waals surface area contributed by atoms with Gasteiger partial charge in [-0.2, -0.15) is 0 Å². The summed E-state index contributed by atoms with van der Waals surface area (Å²) >= 11 is 0. The van der Waals surface area contributed by atoms with Crippen LogP contribution in [0.15, 0.2) is 0 Å². The Labute approximate surface area is 113 Å². The number of carbonyl (C=O) groups is 3. The number of hydrogen-bond donors (Lipinski definition) is 2. The van der Waals surface area contributed by atoms with Crippen molar-refractivity contribution in [2.45, 2.75) is 52.6 Å². The van der Waals surface area contributed by atoms with E-state index in [2.05, 4.69) is 10.6 Å². The molecule has 1 atom stereocenters. The minimum atomic E-state index is -0.876. The molecule has 0 radical (unpaired) electrons. The summed E-state index contributed by atoms with van der Waals surface area (Å²) in [6, 6.07) is -0.355. The van der Waals surface area contributed by atoms with E-state index in [4.69, 9.17) is 0 Å². The Morgan fingerprint density at radius 2 is 1.89 bits per heavy atom. The zero-order chi connectivity index (χ0) is 14.8. The molecule has 1 saturated heterocycles. The van der Waals surface area contributed by atoms with Gasteiger partial charge in [-0.3, -0.25) is 14.5 Å². The van der Waals surface area contributed by atoms with Gasteiger partial charge in [0.05, 0.1) is 0 Å². The van der Waals surface area contributed by atoms with Crippen LogP contribution in [0, 0.1) is 5.92 Å². The van der Waals surface area contributed by atoms with Crippen LogP contribution in [-0.4, -0.2) is 40.9 Å². The van der Waals surface area contributed by atoms with Gasteiger partial charge in [0.1, 0.15) is 5.54 Å². The van der Waals surface area contributed by atoms with Gasteiger partial charge in [-0.1, -0.05) is 13.8 Å². The van der Waals surface area contributed by atoms with Gasteiger partial charge in [-0.25, -0.2) is 4.79 Å². The van der Waals surface area contributed by atoms with Crippen molar-refractivity contribution in [2.24, 2.45) is 5.92 Å². The van der Waals surface area contributed by atoms with Gasteiger partial charge in [0.2, 0.25) is 5.91 Å². The third-order valence-electron chi connectivity index (χ3n) is 3.40. The molecule has 0 unspecified atom stereocenters. The Bertz CT molecular complexity index is 391. The lowest BCUT2D eigenvalue weighted by atomic mass is 10.1. The van der Waals surface area contributed by atoms with Crippen LogP contribution in [0.25, 0.3) is 0 Å². The first kappa shape index (κ1) is 15.5. The average molecular weight is 269 g/mol. The summed E-state index contributed by atoms with van der Waals surface area (Å²) in [6.07, 6.45) is 0.131. The lowest BCUT2D eigenvalue weighted by Gasteiger charge is -2.19. The zero-order valence-electron chi connectivity index (χ0n) is 12.2. The van der Waals surface area contributed by atoms with E-state index >= 15 is 0 Å². The van der Waals surface area contributed by atoms with Crippen molar-refractivity contribution in [1.29, 1.82) is 0 Å². The maximum absolute atomic E-state index is 11.9. The van der Waals surface area contributed by atoms with E-state index in [0.717, 1.165) is 4.90 Å². The molecule has 0 saturated carbocycles. The number of imide groups is 1. The average Bonchev–Trinajstić information content (AvgIpc) is 2.46. The molecule has 1 aliphatic rings. The molecule has 0 spiro atoms. The minimum absolute atomic E-state index is 0.0760. The van der Waals surface area contributed by atoms with E-state index in [1.54, 1.807) is 13.8 Å². The molecule has 0 aromatic heterocycles. The first-order chi connectivity index (χ1) is 8.65. The van der Waals surface area contributed by atoms with Crippen LogP contribution >= 0.6 is 0 Å². The Kier molecular flexibility index (Phi) is 4.55. The smallest absolute Gasteiger partial charge is 0.325 e. The fourth-order valence-corrected chi connectivity index (χ4v) is 1.73. The van der Waals surface area contributed by atoms with Crippen molar-refractivity contribution in [2.75, 3.05) is 6.54 Å². The van der Waals surface area contributed by atoms with Gasteiger partial charge < -0.3 is 10.6 Å². The number of nitrogens with zero attached hydrogens (tertiary/aromatic N) is 1. The molecule has 6 heteroatoms. The Hall–Kier alpha value is -1.59. The topological polar surface area (TPSA) is 78.5 Å². The molecule has 0 aliphatic carbocycles. The molecule has 4 amide bonds. The summed E-state index contributed by atoms with van der Waals surface area (Å²) in [5, 5.41) is 5.43. The Morgan fingerprint density at radius 1 is 1.32 bits per heavy atom. The molecule has 0 bridgehead atoms. The number of amides is 4. The van der Waals surface area contributed by atoms with Crippen molar-refractivity contribution in [3.05, 3.63) is 0 Å². The Morgan fingerprint density at radius 3 is 2.32 bits per heavy atom. The lowest BCUT2D eigenvalue weighted by Crippen LogP contribution is -2.41. The zero-order valence-corrected chi connectivity index (χ0v) is 12.2. The molecule has 1 heterocycles. The summed E-state index contributed by atoms with van der Waals surface area (Å²) in [7, 11) is 0. The largest absolute Gasteiger partial charge is 0.353 e. The van der Waals surface area contributed by atoms with Gasteiger partial charge >= 0.3 is 6.03 Å². The van der Waals surface area contributed by atoms with Crippen molar-refractivity contribution < 1.29 is 14.4 Å². The van der Waals surface area contributed by atoms with Gasteiger partial charge in [0.15, 0.2) is 0 Å². The van der Waals surface area contributed by atoms with Crippen molar-refractivity contribution in [3.63, 3.8) is 0 Å². The first-order valence-corrected chi connectivity index (χ1v) is 6.58. The normalized spacial score (nSPS) is 19.6. The van der Waals surface area contributed by atoms with E-state index in [1.807, 2.05) is 20.8 Å². The quantitative estimate of drug-likeness (QED) is 0.727. The summed E-state index contributed by atoms with van der Waals surface area (Å²) < 4.78 is 0. The van der Waals surface area contributed by atoms with E-state index < -0.39 is 11.6 Å². The molecule has 108 valence electrons. The van der Waals surface area contributed by atoms with Crippen LogP contribution in [0.1, 0.15) is 41.0 Å². The fourth-order valence-electron chi connectivity index (χ4n) is 1.73. The molecule has 0 aromatic rings. The van der Waals surface area contributed by atoms with Crippen LogP contribution in [0.5, 0.6) is 0 Å². The molecule has 0 aromatic carbocycles. The molecule has 1 fully saturated rings. The van der Waals surface area contributed by atoms with Crippen LogP contribution < -0.4 is 10.6 Å². The van der Waals surface area contributed by atoms with E-state index in [-0.39, 0.29) is 30.8 Å². The highest BCUT2D eigenvalue weighted by atomic mass is 16.2. The third-order valence-corrected chi connectivity index (χ3v) is 3.40. The van der Waals surface area contributed by atoms with E-state index in [0.29, 0.717) is 5.92 Å². The van der Waals surface area contributed by atoms with E-state index in [9.17, 15) is 14.4 Å². The molecule has 1 rings (SSSR count). The number of urea groups is 1. The van der Waals surface area contributed by atoms with Crippen LogP contribution in [0.4, 0.5) is 4.79 Å². The minimum Gasteiger partial charge on any atom is -0.353 e. The van der Waals surface area contributed by atoms with Gasteiger partial charge in [-0.15, -0.1) is 0 Å². The second-order valence-electron chi connectivity index (χ2n) is 5.86. The van der Waals surface area contributed by atoms with Crippen molar-refractivity contribution in [3.8, 4) is 0 Å². The monoisotopic (exact) mass is 269 g/mol. The molecule has 19 heavy (non-hydrogen) atoms. The highest BCUT2D eigenvalue weighted by molar-refractivity contribution is 6.06. The third kappa shape index (κ3) is 3.68. The predicted molar refractivity (Wildman–Crippen MR) is 71.4 cm³/mol. The van der Waals surface area contributed by atoms with Gasteiger partial charge in [0.25, 0.3) is 5.91 Å². The highest BCUT2D eigenvalue weighted by Gasteiger charge is 2.43.